The van der Waals surface area contributed by atoms with Crippen molar-refractivity contribution in [3.63, 3.8) is 0 Å². The van der Waals surface area contributed by atoms with Gasteiger partial charge in [0.2, 0.25) is 0 Å². The number of sulfone groups is 1. The average molecular weight is 344 g/mol. The van der Waals surface area contributed by atoms with Crippen molar-refractivity contribution in [3.05, 3.63) is 35.1 Å². The minimum absolute atomic E-state index is 0.133. The van der Waals surface area contributed by atoms with Crippen LogP contribution in [0.15, 0.2) is 18.2 Å². The van der Waals surface area contributed by atoms with E-state index in [0.717, 1.165) is 12.1 Å². The van der Waals surface area contributed by atoms with E-state index in [1.165, 1.54) is 7.11 Å². The molecule has 0 saturated heterocycles. The minimum atomic E-state index is -4.87. The first-order valence-electron chi connectivity index (χ1n) is 6.29. The Labute approximate surface area is 126 Å². The van der Waals surface area contributed by atoms with Crippen LogP contribution in [-0.2, 0) is 31.2 Å². The molecule has 0 radical (unpaired) electrons. The summed E-state index contributed by atoms with van der Waals surface area (Å²) in [4.78, 5) is 0. The highest BCUT2D eigenvalue weighted by Gasteiger charge is 2.35. The van der Waals surface area contributed by atoms with Crippen LogP contribution in [0.4, 0.5) is 17.6 Å². The first-order chi connectivity index (χ1) is 10.2. The third kappa shape index (κ3) is 5.90. The van der Waals surface area contributed by atoms with Crippen LogP contribution in [0.5, 0.6) is 0 Å². The van der Waals surface area contributed by atoms with Crippen LogP contribution in [0.2, 0.25) is 0 Å². The van der Waals surface area contributed by atoms with Crippen molar-refractivity contribution in [1.29, 1.82) is 0 Å². The molecular formula is C13H16F4O4S. The van der Waals surface area contributed by atoms with E-state index in [1.807, 2.05) is 0 Å². The third-order valence-electron chi connectivity index (χ3n) is 2.73. The van der Waals surface area contributed by atoms with Gasteiger partial charge < -0.3 is 9.47 Å². The lowest BCUT2D eigenvalue weighted by atomic mass is 10.1. The number of rotatable bonds is 8. The fourth-order valence-electron chi connectivity index (χ4n) is 1.65. The summed E-state index contributed by atoms with van der Waals surface area (Å²) in [5.74, 6) is -2.78. The van der Waals surface area contributed by atoms with E-state index in [1.54, 1.807) is 0 Å². The zero-order chi connectivity index (χ0) is 16.8. The summed E-state index contributed by atoms with van der Waals surface area (Å²) < 4.78 is 84.7. The van der Waals surface area contributed by atoms with Crippen LogP contribution < -0.4 is 0 Å². The number of hydrogen-bond acceptors (Lipinski definition) is 4. The van der Waals surface area contributed by atoms with Gasteiger partial charge in [-0.05, 0) is 6.07 Å². The Kier molecular flexibility index (Phi) is 6.76. The summed E-state index contributed by atoms with van der Waals surface area (Å²) in [7, 11) is -2.32. The SMILES string of the molecule is COCCOCCS(=O)(=O)Cc1cccc(C(F)(F)F)c1F. The molecule has 4 nitrogen and oxygen atoms in total. The Hall–Kier alpha value is -1.19. The summed E-state index contributed by atoms with van der Waals surface area (Å²) in [5, 5.41) is 0. The third-order valence-corrected chi connectivity index (χ3v) is 4.27. The largest absolute Gasteiger partial charge is 0.419 e. The van der Waals surface area contributed by atoms with Crippen LogP contribution in [0.25, 0.3) is 0 Å². The van der Waals surface area contributed by atoms with E-state index in [-0.39, 0.29) is 13.2 Å². The number of benzene rings is 1. The van der Waals surface area contributed by atoms with Gasteiger partial charge in [0, 0.05) is 12.7 Å². The van der Waals surface area contributed by atoms with E-state index in [4.69, 9.17) is 9.47 Å². The molecule has 1 aromatic rings. The molecule has 1 rings (SSSR count). The quantitative estimate of drug-likeness (QED) is 0.537. The highest BCUT2D eigenvalue weighted by Crippen LogP contribution is 2.32. The smallest absolute Gasteiger partial charge is 0.382 e. The van der Waals surface area contributed by atoms with Crippen LogP contribution in [0.1, 0.15) is 11.1 Å². The highest BCUT2D eigenvalue weighted by molar-refractivity contribution is 7.90. The Morgan fingerprint density at radius 1 is 1.14 bits per heavy atom. The summed E-state index contributed by atoms with van der Waals surface area (Å²) in [5.41, 5.74) is -1.98. The predicted molar refractivity (Wildman–Crippen MR) is 71.6 cm³/mol. The fraction of sp³-hybridized carbons (Fsp3) is 0.538. The number of alkyl halides is 3. The minimum Gasteiger partial charge on any atom is -0.382 e. The first-order valence-corrected chi connectivity index (χ1v) is 8.11. The zero-order valence-corrected chi connectivity index (χ0v) is 12.6. The normalized spacial score (nSPS) is 12.6. The van der Waals surface area contributed by atoms with E-state index < -0.39 is 44.5 Å². The van der Waals surface area contributed by atoms with Gasteiger partial charge >= 0.3 is 6.18 Å². The molecule has 0 fully saturated rings. The molecule has 0 aliphatic rings. The lowest BCUT2D eigenvalue weighted by Gasteiger charge is -2.11. The van der Waals surface area contributed by atoms with Crippen molar-refractivity contribution in [1.82, 2.24) is 0 Å². The molecule has 0 spiro atoms. The van der Waals surface area contributed by atoms with Crippen LogP contribution in [-0.4, -0.2) is 41.1 Å². The maximum Gasteiger partial charge on any atom is 0.419 e. The van der Waals surface area contributed by atoms with Gasteiger partial charge in [-0.3, -0.25) is 0 Å². The van der Waals surface area contributed by atoms with Gasteiger partial charge in [-0.15, -0.1) is 0 Å². The second-order valence-corrected chi connectivity index (χ2v) is 6.66. The summed E-state index contributed by atoms with van der Waals surface area (Å²) in [6.07, 6.45) is -4.87. The van der Waals surface area contributed by atoms with E-state index in [9.17, 15) is 26.0 Å². The first kappa shape index (κ1) is 18.9. The van der Waals surface area contributed by atoms with Crippen LogP contribution in [0.3, 0.4) is 0 Å². The molecule has 0 unspecified atom stereocenters. The van der Waals surface area contributed by atoms with Crippen molar-refractivity contribution >= 4 is 9.84 Å². The molecule has 0 N–H and O–H groups in total. The zero-order valence-electron chi connectivity index (χ0n) is 11.8. The molecular weight excluding hydrogens is 328 g/mol. The average Bonchev–Trinajstić information content (AvgIpc) is 2.39. The maximum absolute atomic E-state index is 13.8. The number of methoxy groups -OCH3 is 1. The van der Waals surface area contributed by atoms with Crippen molar-refractivity contribution in [3.8, 4) is 0 Å². The van der Waals surface area contributed by atoms with E-state index in [2.05, 4.69) is 0 Å². The standard InChI is InChI=1S/C13H16F4O4S/c1-20-5-6-21-7-8-22(18,19)9-10-3-2-4-11(12(10)14)13(15,16)17/h2-4H,5-9H2,1H3. The van der Waals surface area contributed by atoms with Crippen LogP contribution >= 0.6 is 0 Å². The Bertz CT molecular complexity index is 584. The van der Waals surface area contributed by atoms with Crippen molar-refractivity contribution < 1.29 is 35.5 Å². The lowest BCUT2D eigenvalue weighted by molar-refractivity contribution is -0.140. The van der Waals surface area contributed by atoms with Crippen LogP contribution in [0, 0.1) is 5.82 Å². The van der Waals surface area contributed by atoms with Gasteiger partial charge in [0.1, 0.15) is 5.82 Å². The Balaban J connectivity index is 2.74. The molecule has 0 aliphatic carbocycles. The molecule has 0 saturated carbocycles. The second-order valence-electron chi connectivity index (χ2n) is 4.47. The number of ether oxygens (including phenoxy) is 2. The van der Waals surface area contributed by atoms with E-state index >= 15 is 0 Å². The van der Waals surface area contributed by atoms with Gasteiger partial charge in [0.25, 0.3) is 0 Å². The monoisotopic (exact) mass is 344 g/mol. The molecule has 0 atom stereocenters. The van der Waals surface area contributed by atoms with Crippen molar-refractivity contribution in [2.75, 3.05) is 32.7 Å². The fourth-order valence-corrected chi connectivity index (χ4v) is 2.86. The van der Waals surface area contributed by atoms with E-state index in [0.29, 0.717) is 12.7 Å². The second kappa shape index (κ2) is 7.89. The van der Waals surface area contributed by atoms with Gasteiger partial charge in [-0.1, -0.05) is 12.1 Å². The van der Waals surface area contributed by atoms with Crippen molar-refractivity contribution in [2.45, 2.75) is 11.9 Å². The summed E-state index contributed by atoms with van der Waals surface area (Å²) in [6.45, 7) is 0.360. The molecule has 22 heavy (non-hydrogen) atoms. The topological polar surface area (TPSA) is 52.6 Å². The molecule has 0 amide bonds. The molecule has 126 valence electrons. The van der Waals surface area contributed by atoms with Crippen molar-refractivity contribution in [2.24, 2.45) is 0 Å². The number of halogens is 4. The van der Waals surface area contributed by atoms with Gasteiger partial charge in [-0.25, -0.2) is 12.8 Å². The van der Waals surface area contributed by atoms with Gasteiger partial charge in [0.15, 0.2) is 9.84 Å². The molecule has 0 aromatic heterocycles. The van der Waals surface area contributed by atoms with Gasteiger partial charge in [-0.2, -0.15) is 13.2 Å². The molecule has 0 aliphatic heterocycles. The van der Waals surface area contributed by atoms with Gasteiger partial charge in [0.05, 0.1) is 36.9 Å². The number of hydrogen-bond donors (Lipinski definition) is 0. The maximum atomic E-state index is 13.8. The molecule has 1 aromatic carbocycles. The molecule has 0 bridgehead atoms. The lowest BCUT2D eigenvalue weighted by Crippen LogP contribution is -2.17. The Morgan fingerprint density at radius 2 is 1.82 bits per heavy atom. The molecule has 9 heteroatoms. The Morgan fingerprint density at radius 3 is 2.41 bits per heavy atom. The highest BCUT2D eigenvalue weighted by atomic mass is 32.2. The molecule has 0 heterocycles. The predicted octanol–water partition coefficient (Wildman–Crippen LogP) is 2.42. The summed E-state index contributed by atoms with van der Waals surface area (Å²) >= 11 is 0. The summed E-state index contributed by atoms with van der Waals surface area (Å²) in [6, 6.07) is 2.57.